The summed E-state index contributed by atoms with van der Waals surface area (Å²) in [4.78, 5) is 7.02. The lowest BCUT2D eigenvalue weighted by atomic mass is 10.0. The Labute approximate surface area is 184 Å². The van der Waals surface area contributed by atoms with Crippen molar-refractivity contribution in [1.82, 2.24) is 25.2 Å². The summed E-state index contributed by atoms with van der Waals surface area (Å²) < 4.78 is 35.8. The predicted octanol–water partition coefficient (Wildman–Crippen LogP) is 2.87. The van der Waals surface area contributed by atoms with Crippen LogP contribution in [0.3, 0.4) is 0 Å². The number of hydrogen-bond donors (Lipinski definition) is 2. The molecule has 2 aromatic heterocycles. The number of ether oxygens (including phenoxy) is 1. The summed E-state index contributed by atoms with van der Waals surface area (Å²) in [6, 6.07) is 5.89. The minimum Gasteiger partial charge on any atom is -0.380 e. The van der Waals surface area contributed by atoms with E-state index in [1.54, 1.807) is 4.52 Å². The SMILES string of the molecule is CC1(c2cnn3ccc(N4CCC[C@@H]4c4cc(F)ccc4F)nc23)NC2CCOCC2N1. The van der Waals surface area contributed by atoms with Gasteiger partial charge in [-0.05, 0) is 50.5 Å². The standard InChI is InChI=1S/C23H26F2N6O/c1-23(28-18-7-10-32-13-19(18)29-23)16-12-26-31-9-6-21(27-22(16)31)30-8-2-3-20(30)15-11-14(24)4-5-17(15)25/h4-6,9,11-12,18-20,28-29H,2-3,7-8,10,13H2,1H3/t18?,19?,20-,23?/m1/s1. The highest BCUT2D eigenvalue weighted by Crippen LogP contribution is 2.37. The summed E-state index contributed by atoms with van der Waals surface area (Å²) in [5, 5.41) is 11.9. The Hall–Kier alpha value is -2.62. The first-order chi connectivity index (χ1) is 15.5. The number of hydrogen-bond acceptors (Lipinski definition) is 6. The van der Waals surface area contributed by atoms with Crippen molar-refractivity contribution in [3.8, 4) is 0 Å². The van der Waals surface area contributed by atoms with Crippen molar-refractivity contribution in [2.75, 3.05) is 24.7 Å². The quantitative estimate of drug-likeness (QED) is 0.653. The first-order valence-corrected chi connectivity index (χ1v) is 11.2. The fourth-order valence-corrected chi connectivity index (χ4v) is 5.50. The molecular formula is C23H26F2N6O. The van der Waals surface area contributed by atoms with Crippen molar-refractivity contribution in [3.05, 3.63) is 59.4 Å². The van der Waals surface area contributed by atoms with Gasteiger partial charge in [-0.25, -0.2) is 18.3 Å². The van der Waals surface area contributed by atoms with Gasteiger partial charge >= 0.3 is 0 Å². The Morgan fingerprint density at radius 2 is 2.03 bits per heavy atom. The van der Waals surface area contributed by atoms with E-state index in [4.69, 9.17) is 9.72 Å². The molecule has 0 saturated carbocycles. The van der Waals surface area contributed by atoms with Crippen LogP contribution in [0.1, 0.15) is 43.4 Å². The van der Waals surface area contributed by atoms with Crippen LogP contribution in [0.4, 0.5) is 14.6 Å². The second-order valence-corrected chi connectivity index (χ2v) is 9.12. The summed E-state index contributed by atoms with van der Waals surface area (Å²) in [6.07, 6.45) is 6.33. The summed E-state index contributed by atoms with van der Waals surface area (Å²) >= 11 is 0. The molecule has 0 amide bonds. The van der Waals surface area contributed by atoms with Gasteiger partial charge in [0.05, 0.1) is 30.1 Å². The molecule has 3 aliphatic heterocycles. The Balaban J connectivity index is 1.37. The van der Waals surface area contributed by atoms with Crippen LogP contribution in [0.2, 0.25) is 0 Å². The Morgan fingerprint density at radius 1 is 1.16 bits per heavy atom. The normalized spacial score (nSPS) is 30.2. The number of fused-ring (bicyclic) bond motifs is 2. The average molecular weight is 440 g/mol. The van der Waals surface area contributed by atoms with Crippen LogP contribution >= 0.6 is 0 Å². The van der Waals surface area contributed by atoms with E-state index in [1.165, 1.54) is 12.1 Å². The summed E-state index contributed by atoms with van der Waals surface area (Å²) in [5.74, 6) is -0.0645. The molecule has 168 valence electrons. The third kappa shape index (κ3) is 3.18. The van der Waals surface area contributed by atoms with Gasteiger partial charge < -0.3 is 9.64 Å². The van der Waals surface area contributed by atoms with Gasteiger partial charge in [0.2, 0.25) is 0 Å². The topological polar surface area (TPSA) is 66.7 Å². The molecule has 3 aliphatic rings. The molecule has 4 atom stereocenters. The van der Waals surface area contributed by atoms with E-state index in [0.717, 1.165) is 55.5 Å². The van der Waals surface area contributed by atoms with Crippen LogP contribution < -0.4 is 15.5 Å². The molecule has 2 N–H and O–H groups in total. The molecule has 0 aliphatic carbocycles. The molecule has 7 nitrogen and oxygen atoms in total. The van der Waals surface area contributed by atoms with E-state index in [-0.39, 0.29) is 17.9 Å². The zero-order chi connectivity index (χ0) is 21.9. The third-order valence-corrected chi connectivity index (χ3v) is 7.06. The second-order valence-electron chi connectivity index (χ2n) is 9.12. The highest BCUT2D eigenvalue weighted by atomic mass is 19.1. The lowest BCUT2D eigenvalue weighted by Gasteiger charge is -2.27. The first kappa shape index (κ1) is 20.0. The largest absolute Gasteiger partial charge is 0.380 e. The number of rotatable bonds is 3. The minimum atomic E-state index is -0.477. The smallest absolute Gasteiger partial charge is 0.163 e. The molecule has 0 bridgehead atoms. The molecule has 0 radical (unpaired) electrons. The van der Waals surface area contributed by atoms with Gasteiger partial charge in [-0.15, -0.1) is 0 Å². The zero-order valence-electron chi connectivity index (χ0n) is 17.9. The molecule has 3 saturated heterocycles. The Kier molecular flexibility index (Phi) is 4.67. The van der Waals surface area contributed by atoms with Crippen molar-refractivity contribution in [3.63, 3.8) is 0 Å². The molecule has 3 unspecified atom stereocenters. The van der Waals surface area contributed by atoms with Crippen molar-refractivity contribution in [1.29, 1.82) is 0 Å². The van der Waals surface area contributed by atoms with E-state index in [0.29, 0.717) is 18.2 Å². The van der Waals surface area contributed by atoms with Crippen LogP contribution in [0.25, 0.3) is 5.65 Å². The Morgan fingerprint density at radius 3 is 2.91 bits per heavy atom. The van der Waals surface area contributed by atoms with E-state index < -0.39 is 11.5 Å². The fourth-order valence-electron chi connectivity index (χ4n) is 5.50. The molecule has 3 aromatic rings. The van der Waals surface area contributed by atoms with Crippen LogP contribution in [0.5, 0.6) is 0 Å². The summed E-state index contributed by atoms with van der Waals surface area (Å²) in [6.45, 7) is 4.29. The number of nitrogens with one attached hydrogen (secondary N) is 2. The molecule has 32 heavy (non-hydrogen) atoms. The highest BCUT2D eigenvalue weighted by Gasteiger charge is 2.45. The summed E-state index contributed by atoms with van der Waals surface area (Å²) in [5.41, 5.74) is 1.61. The van der Waals surface area contributed by atoms with Crippen LogP contribution in [0.15, 0.2) is 36.7 Å². The number of benzene rings is 1. The van der Waals surface area contributed by atoms with Gasteiger partial charge in [-0.2, -0.15) is 5.10 Å². The predicted molar refractivity (Wildman–Crippen MR) is 115 cm³/mol. The number of aromatic nitrogens is 3. The fraction of sp³-hybridized carbons (Fsp3) is 0.478. The van der Waals surface area contributed by atoms with E-state index >= 15 is 0 Å². The van der Waals surface area contributed by atoms with Crippen molar-refractivity contribution < 1.29 is 13.5 Å². The van der Waals surface area contributed by atoms with E-state index in [1.807, 2.05) is 18.5 Å². The lowest BCUT2D eigenvalue weighted by Crippen LogP contribution is -2.45. The molecule has 3 fully saturated rings. The van der Waals surface area contributed by atoms with Gasteiger partial charge in [0, 0.05) is 37.0 Å². The van der Waals surface area contributed by atoms with Gasteiger partial charge in [0.15, 0.2) is 5.65 Å². The number of anilines is 1. The van der Waals surface area contributed by atoms with Crippen molar-refractivity contribution >= 4 is 11.5 Å². The third-order valence-electron chi connectivity index (χ3n) is 7.06. The molecule has 9 heteroatoms. The lowest BCUT2D eigenvalue weighted by molar-refractivity contribution is 0.0680. The number of nitrogens with zero attached hydrogens (tertiary/aromatic N) is 4. The van der Waals surface area contributed by atoms with Crippen LogP contribution in [-0.2, 0) is 10.4 Å². The molecule has 1 aromatic carbocycles. The maximum atomic E-state index is 14.5. The monoisotopic (exact) mass is 440 g/mol. The van der Waals surface area contributed by atoms with Gasteiger partial charge in [-0.1, -0.05) is 0 Å². The maximum absolute atomic E-state index is 14.5. The zero-order valence-corrected chi connectivity index (χ0v) is 17.9. The first-order valence-electron chi connectivity index (χ1n) is 11.2. The molecule has 6 rings (SSSR count). The molecule has 0 spiro atoms. The van der Waals surface area contributed by atoms with Gasteiger partial charge in [-0.3, -0.25) is 10.6 Å². The maximum Gasteiger partial charge on any atom is 0.163 e. The van der Waals surface area contributed by atoms with E-state index in [9.17, 15) is 8.78 Å². The van der Waals surface area contributed by atoms with E-state index in [2.05, 4.69) is 27.6 Å². The Bertz CT molecular complexity index is 1150. The van der Waals surface area contributed by atoms with Crippen LogP contribution in [-0.4, -0.2) is 46.4 Å². The van der Waals surface area contributed by atoms with Gasteiger partial charge in [0.25, 0.3) is 0 Å². The summed E-state index contributed by atoms with van der Waals surface area (Å²) in [7, 11) is 0. The van der Waals surface area contributed by atoms with Crippen molar-refractivity contribution in [2.45, 2.75) is 50.0 Å². The molecular weight excluding hydrogens is 414 g/mol. The van der Waals surface area contributed by atoms with Gasteiger partial charge in [0.1, 0.15) is 17.5 Å². The molecule has 5 heterocycles. The van der Waals surface area contributed by atoms with Crippen molar-refractivity contribution in [2.24, 2.45) is 0 Å². The van der Waals surface area contributed by atoms with Crippen LogP contribution in [0, 0.1) is 11.6 Å². The highest BCUT2D eigenvalue weighted by molar-refractivity contribution is 5.56. The second kappa shape index (κ2) is 7.47. The number of halogens is 2. The average Bonchev–Trinajstić information content (AvgIpc) is 3.51. The minimum absolute atomic E-state index is 0.241.